The molecule has 0 fully saturated rings. The van der Waals surface area contributed by atoms with Gasteiger partial charge in [-0.1, -0.05) is 0 Å². The summed E-state index contributed by atoms with van der Waals surface area (Å²) in [5.41, 5.74) is 1.72. The fraction of sp³-hybridized carbons (Fsp3) is 0.364. The average molecular weight is 222 g/mol. The molecule has 0 radical (unpaired) electrons. The molecule has 5 nitrogen and oxygen atoms in total. The Morgan fingerprint density at radius 3 is 2.62 bits per heavy atom. The van der Waals surface area contributed by atoms with Crippen molar-refractivity contribution in [3.63, 3.8) is 0 Å². The van der Waals surface area contributed by atoms with Gasteiger partial charge in [0.1, 0.15) is 0 Å². The highest BCUT2D eigenvalue weighted by Crippen LogP contribution is 2.24. The first-order valence-corrected chi connectivity index (χ1v) is 4.94. The zero-order valence-corrected chi connectivity index (χ0v) is 9.53. The van der Waals surface area contributed by atoms with Crippen LogP contribution < -0.4 is 0 Å². The number of nitrogens with zero attached hydrogens (tertiary/aromatic N) is 1. The summed E-state index contributed by atoms with van der Waals surface area (Å²) < 4.78 is 5.06. The number of nitro groups is 1. The zero-order chi connectivity index (χ0) is 12.3. The maximum absolute atomic E-state index is 10.8. The number of nitro benzene ring substituents is 1. The molecule has 0 saturated carbocycles. The molecule has 16 heavy (non-hydrogen) atoms. The van der Waals surface area contributed by atoms with Crippen molar-refractivity contribution in [2.75, 3.05) is 6.61 Å². The molecule has 0 aliphatic carbocycles. The fourth-order valence-electron chi connectivity index (χ4n) is 1.49. The highest BCUT2D eigenvalue weighted by molar-refractivity contribution is 5.94. The number of hydrogen-bond acceptors (Lipinski definition) is 4. The largest absolute Gasteiger partial charge is 0.478 e. The third-order valence-corrected chi connectivity index (χ3v) is 2.25. The van der Waals surface area contributed by atoms with Crippen molar-refractivity contribution in [1.82, 2.24) is 0 Å². The van der Waals surface area contributed by atoms with E-state index >= 15 is 0 Å². The fourth-order valence-corrected chi connectivity index (χ4v) is 1.49. The summed E-state index contributed by atoms with van der Waals surface area (Å²) in [5.74, 6) is -0.0215. The summed E-state index contributed by atoms with van der Waals surface area (Å²) in [7, 11) is 0. The predicted molar refractivity (Wildman–Crippen MR) is 61.0 cm³/mol. The molecule has 1 aromatic rings. The molecule has 0 heterocycles. The molecule has 0 amide bonds. The minimum absolute atomic E-state index is 0.0215. The van der Waals surface area contributed by atoms with E-state index < -0.39 is 4.92 Å². The first-order valence-electron chi connectivity index (χ1n) is 4.94. The van der Waals surface area contributed by atoms with E-state index in [4.69, 9.17) is 10.1 Å². The third-order valence-electron chi connectivity index (χ3n) is 2.25. The van der Waals surface area contributed by atoms with Crippen LogP contribution in [-0.2, 0) is 4.74 Å². The van der Waals surface area contributed by atoms with Crippen molar-refractivity contribution in [2.45, 2.75) is 20.8 Å². The Bertz CT molecular complexity index is 441. The topological polar surface area (TPSA) is 76.2 Å². The lowest BCUT2D eigenvalue weighted by atomic mass is 10.0. The van der Waals surface area contributed by atoms with Gasteiger partial charge in [-0.3, -0.25) is 15.5 Å². The second kappa shape index (κ2) is 4.74. The molecular formula is C11H14N2O3. The van der Waals surface area contributed by atoms with Crippen LogP contribution in [0.3, 0.4) is 0 Å². The van der Waals surface area contributed by atoms with Crippen molar-refractivity contribution >= 4 is 11.6 Å². The summed E-state index contributed by atoms with van der Waals surface area (Å²) in [5, 5.41) is 18.5. The van der Waals surface area contributed by atoms with Crippen molar-refractivity contribution in [3.8, 4) is 0 Å². The SMILES string of the molecule is CCOC(=N)c1cc(C)cc([N+](=O)[O-])c1C. The molecule has 0 aliphatic rings. The normalized spacial score (nSPS) is 9.94. The minimum Gasteiger partial charge on any atom is -0.478 e. The molecule has 0 aromatic heterocycles. The first kappa shape index (κ1) is 12.2. The van der Waals surface area contributed by atoms with Crippen LogP contribution in [0.2, 0.25) is 0 Å². The van der Waals surface area contributed by atoms with Crippen LogP contribution in [-0.4, -0.2) is 17.4 Å². The molecule has 0 bridgehead atoms. The number of hydrogen-bond donors (Lipinski definition) is 1. The molecule has 0 aliphatic heterocycles. The van der Waals surface area contributed by atoms with Crippen molar-refractivity contribution in [3.05, 3.63) is 38.9 Å². The molecule has 0 saturated heterocycles. The quantitative estimate of drug-likeness (QED) is 0.369. The Labute approximate surface area is 93.7 Å². The molecule has 0 unspecified atom stereocenters. The summed E-state index contributed by atoms with van der Waals surface area (Å²) in [6, 6.07) is 3.22. The van der Waals surface area contributed by atoms with Gasteiger partial charge in [-0.25, -0.2) is 0 Å². The molecule has 0 spiro atoms. The van der Waals surface area contributed by atoms with E-state index in [2.05, 4.69) is 0 Å². The third kappa shape index (κ3) is 2.36. The highest BCUT2D eigenvalue weighted by atomic mass is 16.6. The van der Waals surface area contributed by atoms with E-state index in [-0.39, 0.29) is 11.6 Å². The molecule has 1 aromatic carbocycles. The number of ether oxygens (including phenoxy) is 1. The van der Waals surface area contributed by atoms with Gasteiger partial charge in [-0.05, 0) is 32.4 Å². The van der Waals surface area contributed by atoms with Gasteiger partial charge in [0.25, 0.3) is 5.69 Å². The van der Waals surface area contributed by atoms with Crippen molar-refractivity contribution < 1.29 is 9.66 Å². The maximum atomic E-state index is 10.8. The van der Waals surface area contributed by atoms with Crippen molar-refractivity contribution in [1.29, 1.82) is 5.41 Å². The van der Waals surface area contributed by atoms with Crippen molar-refractivity contribution in [2.24, 2.45) is 0 Å². The van der Waals surface area contributed by atoms with Gasteiger partial charge in [0.15, 0.2) is 0 Å². The molecule has 86 valence electrons. The van der Waals surface area contributed by atoms with Crippen LogP contribution >= 0.6 is 0 Å². The van der Waals surface area contributed by atoms with Crippen LogP contribution in [0.15, 0.2) is 12.1 Å². The average Bonchev–Trinajstić information content (AvgIpc) is 2.20. The summed E-state index contributed by atoms with van der Waals surface area (Å²) in [6.07, 6.45) is 0. The van der Waals surface area contributed by atoms with Crippen LogP contribution in [0.1, 0.15) is 23.6 Å². The van der Waals surface area contributed by atoms with Gasteiger partial charge in [0.2, 0.25) is 5.90 Å². The summed E-state index contributed by atoms with van der Waals surface area (Å²) in [6.45, 7) is 5.53. The van der Waals surface area contributed by atoms with Gasteiger partial charge >= 0.3 is 0 Å². The lowest BCUT2D eigenvalue weighted by Gasteiger charge is -2.09. The Morgan fingerprint density at radius 2 is 2.12 bits per heavy atom. The van der Waals surface area contributed by atoms with Crippen LogP contribution in [0.5, 0.6) is 0 Å². The maximum Gasteiger partial charge on any atom is 0.273 e. The minimum atomic E-state index is -0.439. The van der Waals surface area contributed by atoms with Crippen LogP contribution in [0.25, 0.3) is 0 Å². The monoisotopic (exact) mass is 222 g/mol. The van der Waals surface area contributed by atoms with Gasteiger partial charge in [-0.15, -0.1) is 0 Å². The molecule has 5 heteroatoms. The molecule has 1 rings (SSSR count). The number of nitrogens with one attached hydrogen (secondary N) is 1. The number of rotatable bonds is 3. The summed E-state index contributed by atoms with van der Waals surface area (Å²) in [4.78, 5) is 10.4. The van der Waals surface area contributed by atoms with E-state index in [1.807, 2.05) is 0 Å². The smallest absolute Gasteiger partial charge is 0.273 e. The predicted octanol–water partition coefficient (Wildman–Crippen LogP) is 2.57. The molecule has 0 atom stereocenters. The van der Waals surface area contributed by atoms with Crippen LogP contribution in [0, 0.1) is 29.4 Å². The number of aryl methyl sites for hydroxylation is 1. The Morgan fingerprint density at radius 1 is 1.50 bits per heavy atom. The lowest BCUT2D eigenvalue weighted by Crippen LogP contribution is -2.08. The second-order valence-corrected chi connectivity index (χ2v) is 3.48. The van der Waals surface area contributed by atoms with E-state index in [1.54, 1.807) is 26.8 Å². The Kier molecular flexibility index (Phi) is 3.60. The number of benzene rings is 1. The lowest BCUT2D eigenvalue weighted by molar-refractivity contribution is -0.385. The zero-order valence-electron chi connectivity index (χ0n) is 9.53. The standard InChI is InChI=1S/C11H14N2O3/c1-4-16-11(12)9-5-7(2)6-10(8(9)3)13(14)15/h5-6,12H,4H2,1-3H3. The molecular weight excluding hydrogens is 208 g/mol. The van der Waals surface area contributed by atoms with E-state index in [0.717, 1.165) is 5.56 Å². The first-order chi connectivity index (χ1) is 7.47. The van der Waals surface area contributed by atoms with E-state index in [1.165, 1.54) is 6.07 Å². The van der Waals surface area contributed by atoms with E-state index in [9.17, 15) is 10.1 Å². The van der Waals surface area contributed by atoms with E-state index in [0.29, 0.717) is 17.7 Å². The highest BCUT2D eigenvalue weighted by Gasteiger charge is 2.17. The molecule has 1 N–H and O–H groups in total. The van der Waals surface area contributed by atoms with Gasteiger partial charge < -0.3 is 4.74 Å². The summed E-state index contributed by atoms with van der Waals surface area (Å²) >= 11 is 0. The van der Waals surface area contributed by atoms with Gasteiger partial charge in [0, 0.05) is 17.2 Å². The second-order valence-electron chi connectivity index (χ2n) is 3.48. The Balaban J connectivity index is 3.29. The Hall–Kier alpha value is -1.91. The van der Waals surface area contributed by atoms with Crippen LogP contribution in [0.4, 0.5) is 5.69 Å². The van der Waals surface area contributed by atoms with Gasteiger partial charge in [-0.2, -0.15) is 0 Å². The van der Waals surface area contributed by atoms with Gasteiger partial charge in [0.05, 0.1) is 11.5 Å².